The predicted molar refractivity (Wildman–Crippen MR) is 123 cm³/mol. The van der Waals surface area contributed by atoms with E-state index in [1.807, 2.05) is 25.3 Å². The van der Waals surface area contributed by atoms with Crippen LogP contribution < -0.4 is 26.0 Å². The molecule has 3 unspecified atom stereocenters. The third-order valence-electron chi connectivity index (χ3n) is 7.52. The summed E-state index contributed by atoms with van der Waals surface area (Å²) in [4.78, 5) is 25.9. The average molecular weight is 449 g/mol. The van der Waals surface area contributed by atoms with Gasteiger partial charge in [0.25, 0.3) is 5.91 Å². The molecule has 3 aromatic rings. The molecule has 1 aliphatic carbocycles. The van der Waals surface area contributed by atoms with Crippen LogP contribution in [-0.2, 0) is 6.42 Å². The van der Waals surface area contributed by atoms with E-state index in [1.54, 1.807) is 0 Å². The lowest BCUT2D eigenvalue weighted by atomic mass is 9.89. The first-order valence-electron chi connectivity index (χ1n) is 11.1. The van der Waals surface area contributed by atoms with Crippen molar-refractivity contribution in [2.24, 2.45) is 0 Å². The quantitative estimate of drug-likeness (QED) is 0.525. The van der Waals surface area contributed by atoms with Crippen molar-refractivity contribution in [3.8, 4) is 5.75 Å². The Morgan fingerprint density at radius 3 is 3.16 bits per heavy atom. The highest BCUT2D eigenvalue weighted by atomic mass is 32.1. The number of aromatic nitrogens is 2. The summed E-state index contributed by atoms with van der Waals surface area (Å²) in [6.45, 7) is 3.40. The summed E-state index contributed by atoms with van der Waals surface area (Å²) in [5.74, 6) is 1.70. The molecular formula is C23H24N6O2S. The second-order valence-electron chi connectivity index (χ2n) is 9.44. The van der Waals surface area contributed by atoms with Crippen LogP contribution >= 0.6 is 11.3 Å². The summed E-state index contributed by atoms with van der Waals surface area (Å²) >= 11 is 1.33. The van der Waals surface area contributed by atoms with Gasteiger partial charge in [-0.15, -0.1) is 11.3 Å². The van der Waals surface area contributed by atoms with E-state index >= 15 is 0 Å². The highest BCUT2D eigenvalue weighted by molar-refractivity contribution is 7.21. The van der Waals surface area contributed by atoms with E-state index in [9.17, 15) is 4.79 Å². The molecule has 8 nitrogen and oxygen atoms in total. The van der Waals surface area contributed by atoms with E-state index in [-0.39, 0.29) is 11.9 Å². The van der Waals surface area contributed by atoms with Crippen LogP contribution in [0.25, 0.3) is 10.2 Å². The monoisotopic (exact) mass is 448 g/mol. The van der Waals surface area contributed by atoms with Gasteiger partial charge in [0.2, 0.25) is 0 Å². The summed E-state index contributed by atoms with van der Waals surface area (Å²) in [5, 5.41) is 7.56. The molecule has 3 aromatic heterocycles. The van der Waals surface area contributed by atoms with E-state index in [2.05, 4.69) is 26.6 Å². The van der Waals surface area contributed by atoms with Gasteiger partial charge in [-0.25, -0.2) is 9.97 Å². The number of fused-ring (bicyclic) bond motifs is 2. The number of nitrogens with zero attached hydrogens (tertiary/aromatic N) is 3. The van der Waals surface area contributed by atoms with Crippen molar-refractivity contribution in [1.82, 2.24) is 20.6 Å². The third kappa shape index (κ3) is 2.55. The molecule has 4 aliphatic rings. The number of nitrogens with one attached hydrogen (secondary N) is 2. The van der Waals surface area contributed by atoms with Gasteiger partial charge in [0, 0.05) is 47.9 Å². The van der Waals surface area contributed by atoms with Gasteiger partial charge in [0.1, 0.15) is 27.9 Å². The molecule has 6 heterocycles. The van der Waals surface area contributed by atoms with Gasteiger partial charge in [0.05, 0.1) is 23.3 Å². The van der Waals surface area contributed by atoms with Crippen molar-refractivity contribution in [3.05, 3.63) is 40.5 Å². The number of pyridine rings is 2. The molecule has 0 bridgehead atoms. The number of rotatable bonds is 3. The minimum Gasteiger partial charge on any atom is -0.491 e. The number of ether oxygens (including phenoxy) is 1. The van der Waals surface area contributed by atoms with E-state index in [4.69, 9.17) is 15.5 Å². The number of anilines is 2. The summed E-state index contributed by atoms with van der Waals surface area (Å²) in [6, 6.07) is 7.06. The third-order valence-corrected chi connectivity index (χ3v) is 8.63. The largest absolute Gasteiger partial charge is 0.491 e. The molecule has 4 N–H and O–H groups in total. The van der Waals surface area contributed by atoms with Crippen LogP contribution in [-0.4, -0.2) is 52.7 Å². The SMILES string of the molecule is Cc1ccc2c(N)c(C(=O)N[C@H]3COc4cc(N5CC67NC6CCC57)ncc4C3)sc2n1. The number of hydrogen-bond acceptors (Lipinski definition) is 8. The number of nitrogens with two attached hydrogens (primary N) is 1. The molecule has 164 valence electrons. The summed E-state index contributed by atoms with van der Waals surface area (Å²) < 4.78 is 6.05. The number of amides is 1. The van der Waals surface area contributed by atoms with Crippen molar-refractivity contribution < 1.29 is 9.53 Å². The van der Waals surface area contributed by atoms with Crippen molar-refractivity contribution in [1.29, 1.82) is 0 Å². The van der Waals surface area contributed by atoms with Crippen LogP contribution in [0.5, 0.6) is 5.75 Å². The van der Waals surface area contributed by atoms with Crippen LogP contribution in [0, 0.1) is 6.92 Å². The fourth-order valence-electron chi connectivity index (χ4n) is 5.75. The zero-order chi connectivity index (χ0) is 21.6. The maximum Gasteiger partial charge on any atom is 0.263 e. The van der Waals surface area contributed by atoms with Crippen molar-refractivity contribution in [2.45, 2.75) is 49.9 Å². The molecule has 32 heavy (non-hydrogen) atoms. The predicted octanol–water partition coefficient (Wildman–Crippen LogP) is 2.01. The highest BCUT2D eigenvalue weighted by Gasteiger charge is 2.71. The molecule has 2 saturated heterocycles. The van der Waals surface area contributed by atoms with Crippen molar-refractivity contribution >= 4 is 39.0 Å². The number of hydrogen-bond donors (Lipinski definition) is 3. The fraction of sp³-hybridized carbons (Fsp3) is 0.435. The number of carbonyl (C=O) groups excluding carboxylic acids is 1. The normalized spacial score (nSPS) is 29.5. The summed E-state index contributed by atoms with van der Waals surface area (Å²) in [7, 11) is 0. The van der Waals surface area contributed by atoms with E-state index in [1.165, 1.54) is 24.2 Å². The minimum atomic E-state index is -0.177. The first-order valence-corrected chi connectivity index (χ1v) is 12.0. The first kappa shape index (κ1) is 18.6. The first-order chi connectivity index (χ1) is 15.5. The second kappa shape index (κ2) is 6.32. The molecular weight excluding hydrogens is 424 g/mol. The van der Waals surface area contributed by atoms with E-state index in [0.717, 1.165) is 45.6 Å². The number of thiophene rings is 1. The Hall–Kier alpha value is -2.91. The maximum absolute atomic E-state index is 12.9. The van der Waals surface area contributed by atoms with Crippen molar-refractivity contribution in [2.75, 3.05) is 23.8 Å². The highest BCUT2D eigenvalue weighted by Crippen LogP contribution is 2.53. The summed E-state index contributed by atoms with van der Waals surface area (Å²) in [5.41, 5.74) is 9.04. The molecule has 0 aromatic carbocycles. The van der Waals surface area contributed by atoms with Gasteiger partial charge >= 0.3 is 0 Å². The lowest BCUT2D eigenvalue weighted by Crippen LogP contribution is -2.63. The van der Waals surface area contributed by atoms with Gasteiger partial charge < -0.3 is 26.0 Å². The van der Waals surface area contributed by atoms with Gasteiger partial charge in [-0.05, 0) is 31.9 Å². The summed E-state index contributed by atoms with van der Waals surface area (Å²) in [6.07, 6.45) is 5.10. The van der Waals surface area contributed by atoms with Gasteiger partial charge in [-0.2, -0.15) is 0 Å². The molecule has 4 atom stereocenters. The van der Waals surface area contributed by atoms with Crippen LogP contribution in [0.2, 0.25) is 0 Å². The number of nitrogen functional groups attached to an aromatic ring is 1. The molecule has 1 saturated carbocycles. The Balaban J connectivity index is 1.06. The van der Waals surface area contributed by atoms with Gasteiger partial charge in [-0.3, -0.25) is 4.79 Å². The molecule has 3 fully saturated rings. The fourth-order valence-corrected chi connectivity index (χ4v) is 6.80. The second-order valence-corrected chi connectivity index (χ2v) is 10.4. The number of aryl methyl sites for hydroxylation is 1. The van der Waals surface area contributed by atoms with E-state index in [0.29, 0.717) is 35.2 Å². The molecule has 0 radical (unpaired) electrons. The number of piperidine rings is 1. The van der Waals surface area contributed by atoms with Crippen molar-refractivity contribution in [3.63, 3.8) is 0 Å². The van der Waals surface area contributed by atoms with E-state index < -0.39 is 0 Å². The minimum absolute atomic E-state index is 0.125. The van der Waals surface area contributed by atoms with Crippen LogP contribution in [0.1, 0.15) is 33.8 Å². The topological polar surface area (TPSA) is 115 Å². The van der Waals surface area contributed by atoms with Crippen LogP contribution in [0.4, 0.5) is 11.5 Å². The smallest absolute Gasteiger partial charge is 0.263 e. The average Bonchev–Trinajstić information content (AvgIpc) is 3.33. The lowest BCUT2D eigenvalue weighted by Gasteiger charge is -2.47. The Bertz CT molecular complexity index is 1290. The van der Waals surface area contributed by atoms with Gasteiger partial charge in [-0.1, -0.05) is 0 Å². The maximum atomic E-state index is 12.9. The zero-order valence-electron chi connectivity index (χ0n) is 17.7. The Labute approximate surface area is 189 Å². The Kier molecular flexibility index (Phi) is 3.68. The lowest BCUT2D eigenvalue weighted by molar-refractivity contribution is 0.0920. The van der Waals surface area contributed by atoms with Crippen LogP contribution in [0.15, 0.2) is 24.4 Å². The number of carbonyl (C=O) groups is 1. The zero-order valence-corrected chi connectivity index (χ0v) is 18.5. The molecule has 7 rings (SSSR count). The Morgan fingerprint density at radius 1 is 1.41 bits per heavy atom. The van der Waals surface area contributed by atoms with Gasteiger partial charge in [0.15, 0.2) is 0 Å². The standard InChI is InChI=1S/C23H24N6O2S/c1-11-2-3-14-19(24)20(32-22(14)26-11)21(30)27-13-6-12-8-25-18(7-15(12)31-9-13)29-10-23-16(28-23)4-5-17(23)29/h2-3,7-8,13,16-17,28H,4-6,9-10,24H2,1H3,(H,27,30)/t13-,16?,17?,23?/m1/s1. The molecule has 1 amide bonds. The van der Waals surface area contributed by atoms with Crippen LogP contribution in [0.3, 0.4) is 0 Å². The molecule has 1 spiro atoms. The molecule has 3 aliphatic heterocycles. The molecule has 9 heteroatoms. The Morgan fingerprint density at radius 2 is 2.31 bits per heavy atom.